The zero-order valence-corrected chi connectivity index (χ0v) is 13.4. The van der Waals surface area contributed by atoms with Gasteiger partial charge < -0.3 is 9.47 Å². The van der Waals surface area contributed by atoms with E-state index in [0.29, 0.717) is 11.5 Å². The minimum atomic E-state index is -0.736. The predicted octanol–water partition coefficient (Wildman–Crippen LogP) is 4.08. The summed E-state index contributed by atoms with van der Waals surface area (Å²) in [6, 6.07) is 8.94. The molecule has 22 heavy (non-hydrogen) atoms. The number of methoxy groups -OCH3 is 2. The molecule has 0 radical (unpaired) electrons. The first-order valence-corrected chi connectivity index (χ1v) is 6.99. The Morgan fingerprint density at radius 3 is 1.41 bits per heavy atom. The molecule has 0 aliphatic heterocycles. The van der Waals surface area contributed by atoms with Gasteiger partial charge in [-0.3, -0.25) is 9.59 Å². The molecule has 2 aromatic rings. The molecule has 0 unspecified atom stereocenters. The van der Waals surface area contributed by atoms with Gasteiger partial charge in [0, 0.05) is 11.1 Å². The minimum absolute atomic E-state index is 0.0966. The third kappa shape index (κ3) is 3.24. The molecule has 4 nitrogen and oxygen atoms in total. The molecule has 2 aromatic carbocycles. The van der Waals surface area contributed by atoms with E-state index in [-0.39, 0.29) is 21.2 Å². The Morgan fingerprint density at radius 1 is 0.773 bits per heavy atom. The number of ketones is 2. The predicted molar refractivity (Wildman–Crippen MR) is 84.7 cm³/mol. The van der Waals surface area contributed by atoms with Gasteiger partial charge in [0.1, 0.15) is 11.5 Å². The average molecular weight is 339 g/mol. The van der Waals surface area contributed by atoms with Crippen LogP contribution in [0.15, 0.2) is 36.4 Å². The number of halogens is 2. The van der Waals surface area contributed by atoms with E-state index in [4.69, 9.17) is 32.7 Å². The highest BCUT2D eigenvalue weighted by atomic mass is 35.5. The molecule has 0 aliphatic carbocycles. The molecule has 0 saturated heterocycles. The van der Waals surface area contributed by atoms with Crippen molar-refractivity contribution in [2.75, 3.05) is 14.2 Å². The number of benzene rings is 2. The quantitative estimate of drug-likeness (QED) is 0.609. The monoisotopic (exact) mass is 338 g/mol. The third-order valence-corrected chi connectivity index (χ3v) is 3.67. The molecule has 0 bridgehead atoms. The smallest absolute Gasteiger partial charge is 0.235 e. The fourth-order valence-corrected chi connectivity index (χ4v) is 2.37. The highest BCUT2D eigenvalue weighted by molar-refractivity contribution is 6.54. The van der Waals surface area contributed by atoms with Crippen molar-refractivity contribution in [3.63, 3.8) is 0 Å². The van der Waals surface area contributed by atoms with Crippen LogP contribution in [0.1, 0.15) is 20.7 Å². The largest absolute Gasteiger partial charge is 0.497 e. The van der Waals surface area contributed by atoms with Crippen LogP contribution in [0.3, 0.4) is 0 Å². The van der Waals surface area contributed by atoms with E-state index >= 15 is 0 Å². The maximum atomic E-state index is 12.3. The minimum Gasteiger partial charge on any atom is -0.497 e. The van der Waals surface area contributed by atoms with Gasteiger partial charge in [0.05, 0.1) is 24.3 Å². The second-order valence-electron chi connectivity index (χ2n) is 4.35. The van der Waals surface area contributed by atoms with Crippen molar-refractivity contribution in [1.29, 1.82) is 0 Å². The maximum Gasteiger partial charge on any atom is 0.235 e. The van der Waals surface area contributed by atoms with Gasteiger partial charge in [-0.15, -0.1) is 0 Å². The molecule has 0 amide bonds. The number of hydrogen-bond acceptors (Lipinski definition) is 4. The summed E-state index contributed by atoms with van der Waals surface area (Å²) in [7, 11) is 2.96. The van der Waals surface area contributed by atoms with Crippen LogP contribution in [0.5, 0.6) is 11.5 Å². The molecule has 0 aromatic heterocycles. The normalized spacial score (nSPS) is 10.2. The summed E-state index contributed by atoms with van der Waals surface area (Å²) in [5, 5.41) is 0.282. The molecule has 0 spiro atoms. The van der Waals surface area contributed by atoms with Gasteiger partial charge in [0.2, 0.25) is 11.6 Å². The van der Waals surface area contributed by atoms with Gasteiger partial charge in [-0.2, -0.15) is 0 Å². The van der Waals surface area contributed by atoms with E-state index in [1.807, 2.05) is 0 Å². The molecule has 114 valence electrons. The van der Waals surface area contributed by atoms with E-state index in [2.05, 4.69) is 0 Å². The Morgan fingerprint density at radius 2 is 1.14 bits per heavy atom. The van der Waals surface area contributed by atoms with Crippen LogP contribution in [0.25, 0.3) is 0 Å². The van der Waals surface area contributed by atoms with E-state index < -0.39 is 11.6 Å². The van der Waals surface area contributed by atoms with Crippen LogP contribution in [0.2, 0.25) is 10.0 Å². The van der Waals surface area contributed by atoms with E-state index in [0.717, 1.165) is 0 Å². The molecule has 0 saturated carbocycles. The second-order valence-corrected chi connectivity index (χ2v) is 5.16. The molecule has 6 heteroatoms. The summed E-state index contributed by atoms with van der Waals surface area (Å²) >= 11 is 12.0. The molecule has 2 rings (SSSR count). The van der Waals surface area contributed by atoms with Crippen LogP contribution in [-0.4, -0.2) is 25.8 Å². The third-order valence-electron chi connectivity index (χ3n) is 3.05. The van der Waals surface area contributed by atoms with Crippen molar-refractivity contribution in [1.82, 2.24) is 0 Å². The maximum absolute atomic E-state index is 12.3. The lowest BCUT2D eigenvalue weighted by molar-refractivity contribution is 0.0817. The van der Waals surface area contributed by atoms with Crippen molar-refractivity contribution >= 4 is 34.8 Å². The van der Waals surface area contributed by atoms with Crippen molar-refractivity contribution in [3.05, 3.63) is 57.6 Å². The number of carbonyl (C=O) groups is 2. The number of hydrogen-bond donors (Lipinski definition) is 0. The van der Waals surface area contributed by atoms with Gasteiger partial charge in [-0.1, -0.05) is 23.2 Å². The molecule has 0 heterocycles. The summed E-state index contributed by atoms with van der Waals surface area (Å²) in [6.07, 6.45) is 0. The van der Waals surface area contributed by atoms with E-state index in [1.165, 1.54) is 38.5 Å². The lowest BCUT2D eigenvalue weighted by Gasteiger charge is -2.07. The SMILES string of the molecule is COc1ccc(C(=O)C(=O)c2ccc(OC)cc2Cl)c(Cl)c1. The Balaban J connectivity index is 2.35. The molecule has 0 aliphatic rings. The fourth-order valence-electron chi connectivity index (χ4n) is 1.86. The Labute approximate surface area is 137 Å². The zero-order valence-electron chi connectivity index (χ0n) is 11.9. The van der Waals surface area contributed by atoms with Crippen molar-refractivity contribution < 1.29 is 19.1 Å². The summed E-state index contributed by atoms with van der Waals surface area (Å²) in [6.45, 7) is 0. The molecule has 0 N–H and O–H groups in total. The first kappa shape index (κ1) is 16.3. The number of ether oxygens (including phenoxy) is 2. The van der Waals surface area contributed by atoms with Gasteiger partial charge >= 0.3 is 0 Å². The highest BCUT2D eigenvalue weighted by Crippen LogP contribution is 2.27. The van der Waals surface area contributed by atoms with Gasteiger partial charge in [-0.05, 0) is 36.4 Å². The van der Waals surface area contributed by atoms with Gasteiger partial charge in [0.25, 0.3) is 0 Å². The van der Waals surface area contributed by atoms with Crippen molar-refractivity contribution in [2.24, 2.45) is 0 Å². The Bertz CT molecular complexity index is 677. The number of carbonyl (C=O) groups excluding carboxylic acids is 2. The van der Waals surface area contributed by atoms with Crippen LogP contribution < -0.4 is 9.47 Å². The standard InChI is InChI=1S/C16H12Cl2O4/c1-21-9-3-5-11(13(17)7-9)15(19)16(20)12-6-4-10(22-2)8-14(12)18/h3-8H,1-2H3. The summed E-state index contributed by atoms with van der Waals surface area (Å²) in [5.74, 6) is -0.479. The van der Waals surface area contributed by atoms with Crippen LogP contribution >= 0.6 is 23.2 Å². The first-order valence-electron chi connectivity index (χ1n) is 6.24. The van der Waals surface area contributed by atoms with Gasteiger partial charge in [0.15, 0.2) is 0 Å². The van der Waals surface area contributed by atoms with E-state index in [9.17, 15) is 9.59 Å². The van der Waals surface area contributed by atoms with Crippen molar-refractivity contribution in [2.45, 2.75) is 0 Å². The van der Waals surface area contributed by atoms with Crippen LogP contribution in [0.4, 0.5) is 0 Å². The summed E-state index contributed by atoms with van der Waals surface area (Å²) < 4.78 is 10.0. The van der Waals surface area contributed by atoms with Crippen LogP contribution in [-0.2, 0) is 0 Å². The molecular formula is C16H12Cl2O4. The topological polar surface area (TPSA) is 52.6 Å². The average Bonchev–Trinajstić information content (AvgIpc) is 2.53. The fraction of sp³-hybridized carbons (Fsp3) is 0.125. The lowest BCUT2D eigenvalue weighted by atomic mass is 10.0. The Hall–Kier alpha value is -2.04. The first-order chi connectivity index (χ1) is 10.5. The molecule has 0 atom stereocenters. The zero-order chi connectivity index (χ0) is 16.3. The number of rotatable bonds is 5. The molecular weight excluding hydrogens is 327 g/mol. The van der Waals surface area contributed by atoms with Crippen LogP contribution in [0, 0.1) is 0 Å². The second kappa shape index (κ2) is 6.81. The van der Waals surface area contributed by atoms with E-state index in [1.54, 1.807) is 12.1 Å². The summed E-state index contributed by atoms with van der Waals surface area (Å²) in [4.78, 5) is 24.6. The van der Waals surface area contributed by atoms with Crippen molar-refractivity contribution in [3.8, 4) is 11.5 Å². The summed E-state index contributed by atoms with van der Waals surface area (Å²) in [5.41, 5.74) is 0.193. The molecule has 0 fully saturated rings. The van der Waals surface area contributed by atoms with Gasteiger partial charge in [-0.25, -0.2) is 0 Å². The Kier molecular flexibility index (Phi) is 5.06. The highest BCUT2D eigenvalue weighted by Gasteiger charge is 2.23. The number of Topliss-reactive ketones (excluding diaryl/α,β-unsaturated/α-hetero) is 2. The lowest BCUT2D eigenvalue weighted by Crippen LogP contribution is -2.15.